The van der Waals surface area contributed by atoms with Crippen LogP contribution < -0.4 is 5.32 Å². The van der Waals surface area contributed by atoms with Crippen molar-refractivity contribution in [3.63, 3.8) is 0 Å². The number of rotatable bonds is 5. The van der Waals surface area contributed by atoms with Crippen molar-refractivity contribution in [3.05, 3.63) is 35.4 Å². The van der Waals surface area contributed by atoms with Crippen LogP contribution in [-0.2, 0) is 9.53 Å². The van der Waals surface area contributed by atoms with Gasteiger partial charge in [0, 0.05) is 5.56 Å². The Morgan fingerprint density at radius 3 is 3.05 bits per heavy atom. The van der Waals surface area contributed by atoms with E-state index in [2.05, 4.69) is 15.5 Å². The van der Waals surface area contributed by atoms with Gasteiger partial charge in [-0.05, 0) is 11.8 Å². The number of ether oxygens (including phenoxy) is 1. The molecule has 8 heteroatoms. The summed E-state index contributed by atoms with van der Waals surface area (Å²) in [5.74, 6) is 0.266. The Kier molecular flexibility index (Phi) is 4.39. The minimum Gasteiger partial charge on any atom is -0.453 e. The number of benzene rings is 1. The number of thioether (sulfide) groups is 1. The number of esters is 1. The Bertz CT molecular complexity index is 717. The van der Waals surface area contributed by atoms with Crippen LogP contribution in [0.4, 0.5) is 5.13 Å². The normalized spacial score (nSPS) is 16.2. The lowest BCUT2D eigenvalue weighted by Gasteiger charge is -2.09. The first kappa shape index (κ1) is 15.0. The smallest absolute Gasteiger partial charge is 0.339 e. The minimum absolute atomic E-state index is 0.0680. The number of amides is 1. The third kappa shape index (κ3) is 3.12. The first-order chi connectivity index (χ1) is 10.7. The van der Waals surface area contributed by atoms with E-state index in [0.29, 0.717) is 10.7 Å². The van der Waals surface area contributed by atoms with Crippen LogP contribution in [0.3, 0.4) is 0 Å². The van der Waals surface area contributed by atoms with Gasteiger partial charge in [-0.15, -0.1) is 10.2 Å². The molecular weight excluding hydrogens is 322 g/mol. The Morgan fingerprint density at radius 1 is 1.41 bits per heavy atom. The van der Waals surface area contributed by atoms with Gasteiger partial charge in [0.25, 0.3) is 0 Å². The van der Waals surface area contributed by atoms with Crippen LogP contribution in [-0.4, -0.2) is 27.8 Å². The molecule has 1 aromatic heterocycles. The van der Waals surface area contributed by atoms with Crippen molar-refractivity contribution in [1.29, 1.82) is 0 Å². The molecule has 114 valence electrons. The Hall–Kier alpha value is -1.93. The summed E-state index contributed by atoms with van der Waals surface area (Å²) in [4.78, 5) is 23.8. The van der Waals surface area contributed by atoms with Gasteiger partial charge in [-0.2, -0.15) is 0 Å². The Morgan fingerprint density at radius 2 is 2.23 bits per heavy atom. The van der Waals surface area contributed by atoms with Crippen LogP contribution in [0.15, 0.2) is 28.6 Å². The van der Waals surface area contributed by atoms with Gasteiger partial charge in [0.15, 0.2) is 4.34 Å². The van der Waals surface area contributed by atoms with Gasteiger partial charge in [-0.3, -0.25) is 4.79 Å². The monoisotopic (exact) mass is 335 g/mol. The summed E-state index contributed by atoms with van der Waals surface area (Å²) in [5.41, 5.74) is 1.28. The van der Waals surface area contributed by atoms with Crippen LogP contribution in [0, 0.1) is 0 Å². The van der Waals surface area contributed by atoms with Gasteiger partial charge < -0.3 is 10.1 Å². The number of hydrogen-bond donors (Lipinski definition) is 1. The van der Waals surface area contributed by atoms with E-state index in [9.17, 15) is 9.59 Å². The van der Waals surface area contributed by atoms with E-state index in [1.54, 1.807) is 30.0 Å². The number of anilines is 1. The van der Waals surface area contributed by atoms with E-state index in [4.69, 9.17) is 4.74 Å². The number of cyclic esters (lactones) is 1. The number of nitrogens with zero attached hydrogens (tertiary/aromatic N) is 2. The number of nitrogens with one attached hydrogen (secondary N) is 1. The van der Waals surface area contributed by atoms with Crippen LogP contribution in [0.5, 0.6) is 0 Å². The summed E-state index contributed by atoms with van der Waals surface area (Å²) in [6.07, 6.45) is -0.473. The van der Waals surface area contributed by atoms with Gasteiger partial charge in [0.2, 0.25) is 11.0 Å². The topological polar surface area (TPSA) is 81.2 Å². The molecule has 1 aliphatic heterocycles. The zero-order valence-electron chi connectivity index (χ0n) is 11.7. The molecule has 1 aliphatic rings. The standard InChI is InChI=1S/C14H13N3O3S2/c1-2-21-14-17-16-13(22-14)15-11(18)7-10-8-5-3-4-6-9(8)12(19)20-10/h3-6,10H,2,7H2,1H3,(H,15,16,18)/t10-/m1/s1. The zero-order chi connectivity index (χ0) is 15.5. The molecule has 3 rings (SSSR count). The van der Waals surface area contributed by atoms with Gasteiger partial charge >= 0.3 is 5.97 Å². The summed E-state index contributed by atoms with van der Waals surface area (Å²) in [6, 6.07) is 7.11. The average molecular weight is 335 g/mol. The maximum absolute atomic E-state index is 12.1. The molecule has 6 nitrogen and oxygen atoms in total. The van der Waals surface area contributed by atoms with Crippen LogP contribution in [0.1, 0.15) is 35.4 Å². The molecular formula is C14H13N3O3S2. The fraction of sp³-hybridized carbons (Fsp3) is 0.286. The number of aromatic nitrogens is 2. The molecule has 0 spiro atoms. The second-order valence-electron chi connectivity index (χ2n) is 4.54. The van der Waals surface area contributed by atoms with Crippen molar-refractivity contribution in [2.45, 2.75) is 23.8 Å². The maximum Gasteiger partial charge on any atom is 0.339 e. The lowest BCUT2D eigenvalue weighted by molar-refractivity contribution is -0.118. The molecule has 0 bridgehead atoms. The molecule has 2 heterocycles. The highest BCUT2D eigenvalue weighted by molar-refractivity contribution is 8.01. The van der Waals surface area contributed by atoms with Gasteiger partial charge in [0.05, 0.1) is 12.0 Å². The first-order valence-corrected chi connectivity index (χ1v) is 8.53. The Balaban J connectivity index is 1.64. The van der Waals surface area contributed by atoms with E-state index < -0.39 is 6.10 Å². The van der Waals surface area contributed by atoms with E-state index in [-0.39, 0.29) is 18.3 Å². The lowest BCUT2D eigenvalue weighted by atomic mass is 10.0. The molecule has 0 unspecified atom stereocenters. The minimum atomic E-state index is -0.541. The summed E-state index contributed by atoms with van der Waals surface area (Å²) in [6.45, 7) is 2.02. The highest BCUT2D eigenvalue weighted by Crippen LogP contribution is 2.33. The summed E-state index contributed by atoms with van der Waals surface area (Å²) in [7, 11) is 0. The first-order valence-electron chi connectivity index (χ1n) is 6.73. The van der Waals surface area contributed by atoms with Gasteiger partial charge in [-0.1, -0.05) is 48.2 Å². The van der Waals surface area contributed by atoms with Crippen LogP contribution in [0.25, 0.3) is 0 Å². The molecule has 1 aromatic carbocycles. The van der Waals surface area contributed by atoms with Crippen molar-refractivity contribution in [3.8, 4) is 0 Å². The molecule has 1 amide bonds. The molecule has 2 aromatic rings. The lowest BCUT2D eigenvalue weighted by Crippen LogP contribution is -2.15. The number of fused-ring (bicyclic) bond motifs is 1. The highest BCUT2D eigenvalue weighted by atomic mass is 32.2. The van der Waals surface area contributed by atoms with E-state index >= 15 is 0 Å². The largest absolute Gasteiger partial charge is 0.453 e. The molecule has 0 fully saturated rings. The Labute approximate surface area is 135 Å². The summed E-state index contributed by atoms with van der Waals surface area (Å²) in [5, 5.41) is 11.0. The predicted octanol–water partition coefficient (Wildman–Crippen LogP) is 2.89. The molecule has 22 heavy (non-hydrogen) atoms. The van der Waals surface area contributed by atoms with E-state index in [1.807, 2.05) is 13.0 Å². The van der Waals surface area contributed by atoms with E-state index in [0.717, 1.165) is 15.7 Å². The molecule has 0 radical (unpaired) electrons. The molecule has 0 aliphatic carbocycles. The second kappa shape index (κ2) is 6.45. The maximum atomic E-state index is 12.1. The van der Waals surface area contributed by atoms with Crippen molar-refractivity contribution in [1.82, 2.24) is 10.2 Å². The summed E-state index contributed by atoms with van der Waals surface area (Å²) < 4.78 is 6.06. The number of hydrogen-bond acceptors (Lipinski definition) is 7. The van der Waals surface area contributed by atoms with Crippen LogP contribution in [0.2, 0.25) is 0 Å². The zero-order valence-corrected chi connectivity index (χ0v) is 13.4. The molecule has 1 N–H and O–H groups in total. The molecule has 0 saturated heterocycles. The van der Waals surface area contributed by atoms with Crippen molar-refractivity contribution >= 4 is 40.1 Å². The fourth-order valence-electron chi connectivity index (χ4n) is 2.15. The quantitative estimate of drug-likeness (QED) is 0.514. The van der Waals surface area contributed by atoms with Crippen LogP contribution >= 0.6 is 23.1 Å². The van der Waals surface area contributed by atoms with Crippen molar-refractivity contribution < 1.29 is 14.3 Å². The fourth-order valence-corrected chi connectivity index (χ4v) is 3.82. The molecule has 1 atom stereocenters. The summed E-state index contributed by atoms with van der Waals surface area (Å²) >= 11 is 2.90. The van der Waals surface area contributed by atoms with Crippen molar-refractivity contribution in [2.24, 2.45) is 0 Å². The second-order valence-corrected chi connectivity index (χ2v) is 7.03. The van der Waals surface area contributed by atoms with Gasteiger partial charge in [-0.25, -0.2) is 4.79 Å². The third-order valence-corrected chi connectivity index (χ3v) is 4.92. The van der Waals surface area contributed by atoms with Crippen molar-refractivity contribution in [2.75, 3.05) is 11.1 Å². The third-order valence-electron chi connectivity index (χ3n) is 3.07. The SMILES string of the molecule is CCSc1nnc(NC(=O)C[C@H]2OC(=O)c3ccccc32)s1. The number of carbonyl (C=O) groups is 2. The van der Waals surface area contributed by atoms with Gasteiger partial charge in [0.1, 0.15) is 6.10 Å². The molecule has 0 saturated carbocycles. The number of carbonyl (C=O) groups excluding carboxylic acids is 2. The highest BCUT2D eigenvalue weighted by Gasteiger charge is 2.32. The van der Waals surface area contributed by atoms with E-state index in [1.165, 1.54) is 11.3 Å². The predicted molar refractivity (Wildman–Crippen MR) is 84.2 cm³/mol. The average Bonchev–Trinajstić information content (AvgIpc) is 3.06.